The fourth-order valence-corrected chi connectivity index (χ4v) is 2.27. The van der Waals surface area contributed by atoms with E-state index in [1.165, 1.54) is 0 Å². The first-order valence-electron chi connectivity index (χ1n) is 6.64. The van der Waals surface area contributed by atoms with Gasteiger partial charge in [-0.1, -0.05) is 19.9 Å². The average molecular weight is 259 g/mol. The van der Waals surface area contributed by atoms with Crippen molar-refractivity contribution >= 4 is 16.6 Å². The SMILES string of the molecule is CC(C)CN(CCN)c1nccc2ccc(O)cc12. The molecular weight excluding hydrogens is 238 g/mol. The molecule has 0 atom stereocenters. The minimum atomic E-state index is 0.263. The summed E-state index contributed by atoms with van der Waals surface area (Å²) >= 11 is 0. The number of nitrogens with two attached hydrogens (primary N) is 1. The first kappa shape index (κ1) is 13.6. The van der Waals surface area contributed by atoms with Crippen LogP contribution in [0.4, 0.5) is 5.82 Å². The number of rotatable bonds is 5. The molecule has 0 amide bonds. The molecule has 0 spiro atoms. The summed E-state index contributed by atoms with van der Waals surface area (Å²) in [5, 5.41) is 11.7. The molecule has 4 heteroatoms. The first-order valence-corrected chi connectivity index (χ1v) is 6.64. The highest BCUT2D eigenvalue weighted by Gasteiger charge is 2.12. The van der Waals surface area contributed by atoms with Crippen molar-refractivity contribution in [2.24, 2.45) is 11.7 Å². The van der Waals surface area contributed by atoms with Gasteiger partial charge in [-0.05, 0) is 29.5 Å². The molecule has 19 heavy (non-hydrogen) atoms. The van der Waals surface area contributed by atoms with Crippen molar-refractivity contribution in [3.63, 3.8) is 0 Å². The highest BCUT2D eigenvalue weighted by Crippen LogP contribution is 2.27. The lowest BCUT2D eigenvalue weighted by Crippen LogP contribution is -2.33. The van der Waals surface area contributed by atoms with Crippen molar-refractivity contribution in [2.45, 2.75) is 13.8 Å². The number of nitrogens with zero attached hydrogens (tertiary/aromatic N) is 2. The number of aromatic hydroxyl groups is 1. The molecule has 1 heterocycles. The summed E-state index contributed by atoms with van der Waals surface area (Å²) in [6, 6.07) is 7.32. The molecule has 0 saturated carbocycles. The molecule has 4 nitrogen and oxygen atoms in total. The van der Waals surface area contributed by atoms with Crippen molar-refractivity contribution in [3.05, 3.63) is 30.5 Å². The van der Waals surface area contributed by atoms with Gasteiger partial charge in [0.05, 0.1) is 0 Å². The Morgan fingerprint density at radius 1 is 1.32 bits per heavy atom. The van der Waals surface area contributed by atoms with Crippen LogP contribution in [-0.2, 0) is 0 Å². The third kappa shape index (κ3) is 3.15. The molecule has 0 aliphatic rings. The quantitative estimate of drug-likeness (QED) is 0.865. The fourth-order valence-electron chi connectivity index (χ4n) is 2.27. The number of anilines is 1. The van der Waals surface area contributed by atoms with E-state index in [0.717, 1.165) is 29.7 Å². The summed E-state index contributed by atoms with van der Waals surface area (Å²) in [6.07, 6.45) is 1.80. The molecule has 0 fully saturated rings. The van der Waals surface area contributed by atoms with Crippen LogP contribution in [0.5, 0.6) is 5.75 Å². The van der Waals surface area contributed by atoms with Crippen LogP contribution < -0.4 is 10.6 Å². The molecule has 0 aliphatic heterocycles. The molecule has 0 bridgehead atoms. The van der Waals surface area contributed by atoms with Crippen molar-refractivity contribution in [1.29, 1.82) is 0 Å². The summed E-state index contributed by atoms with van der Waals surface area (Å²) in [6.45, 7) is 6.60. The summed E-state index contributed by atoms with van der Waals surface area (Å²) in [4.78, 5) is 6.67. The summed E-state index contributed by atoms with van der Waals surface area (Å²) in [7, 11) is 0. The van der Waals surface area contributed by atoms with Crippen molar-refractivity contribution in [2.75, 3.05) is 24.5 Å². The third-order valence-electron chi connectivity index (χ3n) is 3.01. The Morgan fingerprint density at radius 3 is 2.79 bits per heavy atom. The zero-order chi connectivity index (χ0) is 13.8. The second kappa shape index (κ2) is 5.89. The van der Waals surface area contributed by atoms with Crippen LogP contribution in [0.25, 0.3) is 10.8 Å². The van der Waals surface area contributed by atoms with Crippen LogP contribution in [0.2, 0.25) is 0 Å². The minimum Gasteiger partial charge on any atom is -0.508 e. The zero-order valence-corrected chi connectivity index (χ0v) is 11.5. The van der Waals surface area contributed by atoms with Crippen molar-refractivity contribution in [3.8, 4) is 5.75 Å². The maximum atomic E-state index is 9.68. The number of benzene rings is 1. The maximum Gasteiger partial charge on any atom is 0.136 e. The lowest BCUT2D eigenvalue weighted by molar-refractivity contribution is 0.476. The molecule has 1 aromatic heterocycles. The van der Waals surface area contributed by atoms with Gasteiger partial charge in [-0.3, -0.25) is 0 Å². The number of phenols is 1. The van der Waals surface area contributed by atoms with Gasteiger partial charge in [-0.2, -0.15) is 0 Å². The molecule has 2 aromatic rings. The Kier molecular flexibility index (Phi) is 4.22. The molecule has 3 N–H and O–H groups in total. The maximum absolute atomic E-state index is 9.68. The van der Waals surface area contributed by atoms with E-state index in [4.69, 9.17) is 5.73 Å². The van der Waals surface area contributed by atoms with Crippen LogP contribution in [0, 0.1) is 5.92 Å². The van der Waals surface area contributed by atoms with E-state index in [1.54, 1.807) is 18.3 Å². The Labute approximate surface area is 113 Å². The number of phenolic OH excluding ortho intramolecular Hbond substituents is 1. The Balaban J connectivity index is 2.48. The van der Waals surface area contributed by atoms with E-state index >= 15 is 0 Å². The van der Waals surface area contributed by atoms with Gasteiger partial charge >= 0.3 is 0 Å². The predicted molar refractivity (Wildman–Crippen MR) is 79.5 cm³/mol. The summed E-state index contributed by atoms with van der Waals surface area (Å²) in [5.41, 5.74) is 5.70. The van der Waals surface area contributed by atoms with Crippen LogP contribution >= 0.6 is 0 Å². The van der Waals surface area contributed by atoms with Crippen LogP contribution in [0.3, 0.4) is 0 Å². The Bertz CT molecular complexity index is 554. The fraction of sp³-hybridized carbons (Fsp3) is 0.400. The minimum absolute atomic E-state index is 0.263. The second-order valence-corrected chi connectivity index (χ2v) is 5.17. The molecule has 0 saturated heterocycles. The van der Waals surface area contributed by atoms with Gasteiger partial charge in [-0.15, -0.1) is 0 Å². The number of fused-ring (bicyclic) bond motifs is 1. The molecule has 0 aliphatic carbocycles. The largest absolute Gasteiger partial charge is 0.508 e. The number of aromatic nitrogens is 1. The van der Waals surface area contributed by atoms with Gasteiger partial charge in [-0.25, -0.2) is 4.98 Å². The molecular formula is C15H21N3O. The van der Waals surface area contributed by atoms with Crippen LogP contribution in [-0.4, -0.2) is 29.7 Å². The van der Waals surface area contributed by atoms with Gasteiger partial charge < -0.3 is 15.7 Å². The monoisotopic (exact) mass is 259 g/mol. The number of hydrogen-bond acceptors (Lipinski definition) is 4. The second-order valence-electron chi connectivity index (χ2n) is 5.17. The van der Waals surface area contributed by atoms with Gasteiger partial charge in [0.1, 0.15) is 11.6 Å². The zero-order valence-electron chi connectivity index (χ0n) is 11.5. The van der Waals surface area contributed by atoms with Gasteiger partial charge in [0.25, 0.3) is 0 Å². The average Bonchev–Trinajstić information content (AvgIpc) is 2.37. The molecule has 2 rings (SSSR count). The molecule has 0 radical (unpaired) electrons. The van der Waals surface area contributed by atoms with E-state index in [9.17, 15) is 5.11 Å². The van der Waals surface area contributed by atoms with Gasteiger partial charge in [0.2, 0.25) is 0 Å². The van der Waals surface area contributed by atoms with E-state index in [-0.39, 0.29) is 5.75 Å². The van der Waals surface area contributed by atoms with E-state index in [2.05, 4.69) is 23.7 Å². The predicted octanol–water partition coefficient (Wildman–Crippen LogP) is 2.36. The van der Waals surface area contributed by atoms with Crippen molar-refractivity contribution < 1.29 is 5.11 Å². The highest BCUT2D eigenvalue weighted by atomic mass is 16.3. The van der Waals surface area contributed by atoms with Crippen LogP contribution in [0.1, 0.15) is 13.8 Å². The van der Waals surface area contributed by atoms with Crippen LogP contribution in [0.15, 0.2) is 30.5 Å². The lowest BCUT2D eigenvalue weighted by atomic mass is 10.1. The normalized spacial score (nSPS) is 11.2. The Morgan fingerprint density at radius 2 is 2.11 bits per heavy atom. The topological polar surface area (TPSA) is 62.4 Å². The lowest BCUT2D eigenvalue weighted by Gasteiger charge is -2.26. The van der Waals surface area contributed by atoms with E-state index in [1.807, 2.05) is 12.1 Å². The standard InChI is InChI=1S/C15H21N3O/c1-11(2)10-18(8-6-16)15-14-9-13(19)4-3-12(14)5-7-17-15/h3-5,7,9,11,19H,6,8,10,16H2,1-2H3. The van der Waals surface area contributed by atoms with Gasteiger partial charge in [0, 0.05) is 31.2 Å². The molecule has 102 valence electrons. The number of pyridine rings is 1. The van der Waals surface area contributed by atoms with E-state index in [0.29, 0.717) is 12.5 Å². The highest BCUT2D eigenvalue weighted by molar-refractivity contribution is 5.93. The van der Waals surface area contributed by atoms with E-state index < -0.39 is 0 Å². The summed E-state index contributed by atoms with van der Waals surface area (Å²) < 4.78 is 0. The first-order chi connectivity index (χ1) is 9.11. The molecule has 1 aromatic carbocycles. The Hall–Kier alpha value is -1.81. The third-order valence-corrected chi connectivity index (χ3v) is 3.01. The summed E-state index contributed by atoms with van der Waals surface area (Å²) in [5.74, 6) is 1.69. The smallest absolute Gasteiger partial charge is 0.136 e. The van der Waals surface area contributed by atoms with Crippen molar-refractivity contribution in [1.82, 2.24) is 4.98 Å². The number of hydrogen-bond donors (Lipinski definition) is 2. The molecule has 0 unspecified atom stereocenters. The van der Waals surface area contributed by atoms with Gasteiger partial charge in [0.15, 0.2) is 0 Å².